The summed E-state index contributed by atoms with van der Waals surface area (Å²) in [5.41, 5.74) is 10.8. The fourth-order valence-electron chi connectivity index (χ4n) is 2.53. The quantitative estimate of drug-likeness (QED) is 0.546. The van der Waals surface area contributed by atoms with Crippen LogP contribution in [0.5, 0.6) is 0 Å². The molecule has 2 rings (SSSR count). The minimum Gasteiger partial charge on any atom is -0.393 e. The molecule has 0 aromatic rings. The number of hydrogen-bond acceptors (Lipinski definition) is 4. The van der Waals surface area contributed by atoms with Crippen LogP contribution in [0.15, 0.2) is 0 Å². The third-order valence-corrected chi connectivity index (χ3v) is 3.69. The Morgan fingerprint density at radius 1 is 0.750 bits per heavy atom. The first-order chi connectivity index (χ1) is 7.65. The zero-order chi connectivity index (χ0) is 12.0. The van der Waals surface area contributed by atoms with Crippen LogP contribution in [-0.2, 0) is 0 Å². The van der Waals surface area contributed by atoms with Gasteiger partial charge in [0, 0.05) is 0 Å². The normalized spacial score (nSPS) is 38.2. The van der Waals surface area contributed by atoms with Gasteiger partial charge >= 0.3 is 0 Å². The molecule has 2 saturated carbocycles. The van der Waals surface area contributed by atoms with Crippen LogP contribution in [0.25, 0.3) is 0 Å². The Labute approximate surface area is 98.0 Å². The number of aliphatic hydroxyl groups excluding tert-OH is 2. The second-order valence-electron chi connectivity index (χ2n) is 5.14. The molecular formula is C12H26N2O2. The molecule has 0 saturated heterocycles. The van der Waals surface area contributed by atoms with Crippen LogP contribution in [0, 0.1) is 11.8 Å². The highest BCUT2D eigenvalue weighted by Crippen LogP contribution is 2.24. The molecule has 0 heterocycles. The zero-order valence-corrected chi connectivity index (χ0v) is 10.0. The average molecular weight is 230 g/mol. The van der Waals surface area contributed by atoms with Gasteiger partial charge in [-0.15, -0.1) is 0 Å². The average Bonchev–Trinajstić information content (AvgIpc) is 2.88. The maximum Gasteiger partial charge on any atom is 0.0543 e. The maximum atomic E-state index is 8.98. The van der Waals surface area contributed by atoms with Crippen molar-refractivity contribution in [2.75, 3.05) is 13.1 Å². The molecule has 16 heavy (non-hydrogen) atoms. The molecule has 0 aromatic heterocycles. The summed E-state index contributed by atoms with van der Waals surface area (Å²) in [6.45, 7) is 1.49. The molecule has 0 aromatic carbocycles. The van der Waals surface area contributed by atoms with Gasteiger partial charge in [0.25, 0.3) is 0 Å². The molecule has 4 nitrogen and oxygen atoms in total. The van der Waals surface area contributed by atoms with Crippen molar-refractivity contribution in [2.45, 2.75) is 50.7 Å². The number of rotatable bonds is 2. The Balaban J connectivity index is 0.000000160. The summed E-state index contributed by atoms with van der Waals surface area (Å²) >= 11 is 0. The SMILES string of the molecule is NC[C@@H]1CC[C@H](O)C1.NC[C@H]1CC[C@@H](O)C1. The molecule has 0 unspecified atom stereocenters. The molecular weight excluding hydrogens is 204 g/mol. The van der Waals surface area contributed by atoms with Crippen molar-refractivity contribution >= 4 is 0 Å². The van der Waals surface area contributed by atoms with E-state index in [0.717, 1.165) is 51.6 Å². The molecule has 4 atom stereocenters. The lowest BCUT2D eigenvalue weighted by Crippen LogP contribution is -2.11. The maximum absolute atomic E-state index is 8.98. The Hall–Kier alpha value is -0.160. The van der Waals surface area contributed by atoms with Crippen LogP contribution >= 0.6 is 0 Å². The summed E-state index contributed by atoms with van der Waals surface area (Å²) in [5.74, 6) is 1.20. The van der Waals surface area contributed by atoms with E-state index in [4.69, 9.17) is 21.7 Å². The second kappa shape index (κ2) is 7.22. The van der Waals surface area contributed by atoms with Crippen LogP contribution in [0.1, 0.15) is 38.5 Å². The molecule has 6 N–H and O–H groups in total. The van der Waals surface area contributed by atoms with Crippen LogP contribution in [0.2, 0.25) is 0 Å². The fraction of sp³-hybridized carbons (Fsp3) is 1.00. The van der Waals surface area contributed by atoms with Gasteiger partial charge in [-0.2, -0.15) is 0 Å². The van der Waals surface area contributed by atoms with Crippen molar-refractivity contribution in [2.24, 2.45) is 23.3 Å². The predicted molar refractivity (Wildman–Crippen MR) is 64.8 cm³/mol. The molecule has 0 bridgehead atoms. The minimum absolute atomic E-state index is 0.0523. The monoisotopic (exact) mass is 230 g/mol. The molecule has 0 spiro atoms. The van der Waals surface area contributed by atoms with E-state index in [9.17, 15) is 0 Å². The van der Waals surface area contributed by atoms with Crippen LogP contribution in [0.4, 0.5) is 0 Å². The molecule has 0 aliphatic heterocycles. The van der Waals surface area contributed by atoms with E-state index in [0.29, 0.717) is 11.8 Å². The summed E-state index contributed by atoms with van der Waals surface area (Å²) in [4.78, 5) is 0. The first-order valence-corrected chi connectivity index (χ1v) is 6.42. The molecule has 2 aliphatic carbocycles. The van der Waals surface area contributed by atoms with Crippen LogP contribution in [0.3, 0.4) is 0 Å². The van der Waals surface area contributed by atoms with Crippen molar-refractivity contribution < 1.29 is 10.2 Å². The van der Waals surface area contributed by atoms with Gasteiger partial charge in [-0.1, -0.05) is 0 Å². The molecule has 4 heteroatoms. The Morgan fingerprint density at radius 3 is 1.25 bits per heavy atom. The van der Waals surface area contributed by atoms with Gasteiger partial charge in [-0.3, -0.25) is 0 Å². The van der Waals surface area contributed by atoms with E-state index < -0.39 is 0 Å². The topological polar surface area (TPSA) is 92.5 Å². The van der Waals surface area contributed by atoms with Gasteiger partial charge in [0.05, 0.1) is 12.2 Å². The van der Waals surface area contributed by atoms with Gasteiger partial charge in [0.1, 0.15) is 0 Å². The van der Waals surface area contributed by atoms with E-state index in [2.05, 4.69) is 0 Å². The molecule has 2 fully saturated rings. The van der Waals surface area contributed by atoms with Crippen LogP contribution < -0.4 is 11.5 Å². The number of aliphatic hydroxyl groups is 2. The van der Waals surface area contributed by atoms with Crippen molar-refractivity contribution in [1.82, 2.24) is 0 Å². The smallest absolute Gasteiger partial charge is 0.0543 e. The van der Waals surface area contributed by atoms with Crippen molar-refractivity contribution in [3.05, 3.63) is 0 Å². The number of nitrogens with two attached hydrogens (primary N) is 2. The Morgan fingerprint density at radius 2 is 1.12 bits per heavy atom. The van der Waals surface area contributed by atoms with Crippen molar-refractivity contribution in [3.63, 3.8) is 0 Å². The third kappa shape index (κ3) is 4.78. The summed E-state index contributed by atoms with van der Waals surface area (Å²) in [6, 6.07) is 0. The second-order valence-corrected chi connectivity index (χ2v) is 5.14. The molecule has 96 valence electrons. The lowest BCUT2D eigenvalue weighted by atomic mass is 10.1. The minimum atomic E-state index is -0.0523. The fourth-order valence-corrected chi connectivity index (χ4v) is 2.53. The largest absolute Gasteiger partial charge is 0.393 e. The highest BCUT2D eigenvalue weighted by atomic mass is 16.3. The van der Waals surface area contributed by atoms with Gasteiger partial charge in [-0.25, -0.2) is 0 Å². The summed E-state index contributed by atoms with van der Waals surface area (Å²) in [6.07, 6.45) is 5.92. The van der Waals surface area contributed by atoms with Crippen molar-refractivity contribution in [3.8, 4) is 0 Å². The Kier molecular flexibility index (Phi) is 6.28. The van der Waals surface area contributed by atoms with Gasteiger partial charge in [-0.05, 0) is 63.5 Å². The lowest BCUT2D eigenvalue weighted by molar-refractivity contribution is 0.177. The van der Waals surface area contributed by atoms with E-state index >= 15 is 0 Å². The summed E-state index contributed by atoms with van der Waals surface area (Å²) < 4.78 is 0. The predicted octanol–water partition coefficient (Wildman–Crippen LogP) is 0.212. The zero-order valence-electron chi connectivity index (χ0n) is 10.0. The van der Waals surface area contributed by atoms with E-state index in [1.165, 1.54) is 0 Å². The first-order valence-electron chi connectivity index (χ1n) is 6.42. The first kappa shape index (κ1) is 13.9. The lowest BCUT2D eigenvalue weighted by Gasteiger charge is -2.01. The summed E-state index contributed by atoms with van der Waals surface area (Å²) in [7, 11) is 0. The standard InChI is InChI=1S/2C6H13NO/c2*7-4-5-1-2-6(8)3-5/h2*5-6,8H,1-4,7H2/t2*5-,6+/m10/s1. The molecule has 0 radical (unpaired) electrons. The van der Waals surface area contributed by atoms with E-state index in [1.54, 1.807) is 0 Å². The van der Waals surface area contributed by atoms with E-state index in [1.807, 2.05) is 0 Å². The third-order valence-electron chi connectivity index (χ3n) is 3.69. The highest BCUT2D eigenvalue weighted by molar-refractivity contribution is 4.75. The molecule has 2 aliphatic rings. The van der Waals surface area contributed by atoms with Crippen LogP contribution in [-0.4, -0.2) is 35.5 Å². The van der Waals surface area contributed by atoms with E-state index in [-0.39, 0.29) is 12.2 Å². The highest BCUT2D eigenvalue weighted by Gasteiger charge is 2.21. The van der Waals surface area contributed by atoms with Crippen molar-refractivity contribution in [1.29, 1.82) is 0 Å². The number of hydrogen-bond donors (Lipinski definition) is 4. The molecule has 0 amide bonds. The van der Waals surface area contributed by atoms with Gasteiger partial charge < -0.3 is 21.7 Å². The summed E-state index contributed by atoms with van der Waals surface area (Å²) in [5, 5.41) is 18.0. The Bertz CT molecular complexity index is 170. The van der Waals surface area contributed by atoms with Gasteiger partial charge in [0.15, 0.2) is 0 Å². The van der Waals surface area contributed by atoms with Gasteiger partial charge in [0.2, 0.25) is 0 Å².